The minimum Gasteiger partial charge on any atom is -0.479 e. The van der Waals surface area contributed by atoms with Gasteiger partial charge >= 0.3 is 12.0 Å². The second kappa shape index (κ2) is 7.49. The summed E-state index contributed by atoms with van der Waals surface area (Å²) in [4.78, 5) is 24.7. The first-order chi connectivity index (χ1) is 9.49. The van der Waals surface area contributed by atoms with Gasteiger partial charge in [-0.05, 0) is 13.3 Å². The first-order valence-corrected chi connectivity index (χ1v) is 6.37. The van der Waals surface area contributed by atoms with Gasteiger partial charge in [0.15, 0.2) is 6.04 Å². The maximum absolute atomic E-state index is 12.0. The summed E-state index contributed by atoms with van der Waals surface area (Å²) in [6.07, 6.45) is 3.40. The monoisotopic (exact) mass is 284 g/mol. The van der Waals surface area contributed by atoms with Crippen molar-refractivity contribution in [2.24, 2.45) is 7.05 Å². The summed E-state index contributed by atoms with van der Waals surface area (Å²) >= 11 is 0. The number of urea groups is 1. The number of nitrogens with zero attached hydrogens (tertiary/aromatic N) is 3. The number of aliphatic hydroxyl groups is 1. The van der Waals surface area contributed by atoms with Crippen molar-refractivity contribution in [2.45, 2.75) is 19.4 Å². The number of aliphatic hydroxyl groups excluding tert-OH is 1. The van der Waals surface area contributed by atoms with Crippen molar-refractivity contribution in [2.75, 3.05) is 19.7 Å². The topological polar surface area (TPSA) is 108 Å². The molecule has 1 rings (SSSR count). The van der Waals surface area contributed by atoms with Crippen molar-refractivity contribution in [3.63, 3.8) is 0 Å². The molecule has 0 aliphatic carbocycles. The van der Waals surface area contributed by atoms with Gasteiger partial charge in [-0.15, -0.1) is 0 Å². The molecule has 20 heavy (non-hydrogen) atoms. The van der Waals surface area contributed by atoms with E-state index in [4.69, 9.17) is 5.11 Å². The second-order valence-electron chi connectivity index (χ2n) is 4.32. The zero-order chi connectivity index (χ0) is 15.1. The molecule has 112 valence electrons. The average Bonchev–Trinajstić information content (AvgIpc) is 2.82. The summed E-state index contributed by atoms with van der Waals surface area (Å²) in [7, 11) is 1.67. The number of carbonyl (C=O) groups excluding carboxylic acids is 1. The van der Waals surface area contributed by atoms with Crippen molar-refractivity contribution in [1.29, 1.82) is 0 Å². The number of amides is 2. The highest BCUT2D eigenvalue weighted by Gasteiger charge is 2.25. The minimum absolute atomic E-state index is 0.0191. The Morgan fingerprint density at radius 1 is 1.55 bits per heavy atom. The SMILES string of the molecule is CCN(CCCO)C(=O)NC(C(=O)O)c1cnn(C)c1. The van der Waals surface area contributed by atoms with E-state index < -0.39 is 18.0 Å². The predicted molar refractivity (Wildman–Crippen MR) is 71.1 cm³/mol. The fourth-order valence-corrected chi connectivity index (χ4v) is 1.76. The minimum atomic E-state index is -1.15. The number of rotatable bonds is 7. The molecule has 8 heteroatoms. The highest BCUT2D eigenvalue weighted by Crippen LogP contribution is 2.12. The Morgan fingerprint density at radius 3 is 2.70 bits per heavy atom. The van der Waals surface area contributed by atoms with Gasteiger partial charge in [-0.1, -0.05) is 0 Å². The lowest BCUT2D eigenvalue weighted by molar-refractivity contribution is -0.139. The highest BCUT2D eigenvalue weighted by molar-refractivity contribution is 5.83. The quantitative estimate of drug-likeness (QED) is 0.651. The zero-order valence-corrected chi connectivity index (χ0v) is 11.6. The summed E-state index contributed by atoms with van der Waals surface area (Å²) in [6.45, 7) is 2.58. The molecule has 8 nitrogen and oxygen atoms in total. The molecular weight excluding hydrogens is 264 g/mol. The van der Waals surface area contributed by atoms with Gasteiger partial charge in [-0.3, -0.25) is 4.68 Å². The molecule has 1 atom stereocenters. The van der Waals surface area contributed by atoms with E-state index in [-0.39, 0.29) is 6.61 Å². The van der Waals surface area contributed by atoms with Crippen LogP contribution in [0.15, 0.2) is 12.4 Å². The summed E-state index contributed by atoms with van der Waals surface area (Å²) in [6, 6.07) is -1.61. The van der Waals surface area contributed by atoms with Gasteiger partial charge in [0.1, 0.15) is 0 Å². The van der Waals surface area contributed by atoms with Gasteiger partial charge in [0.2, 0.25) is 0 Å². The van der Waals surface area contributed by atoms with Gasteiger partial charge in [0.05, 0.1) is 6.20 Å². The van der Waals surface area contributed by atoms with E-state index in [0.29, 0.717) is 25.1 Å². The molecule has 0 aliphatic heterocycles. The molecule has 1 heterocycles. The fourth-order valence-electron chi connectivity index (χ4n) is 1.76. The number of aliphatic carboxylic acids is 1. The van der Waals surface area contributed by atoms with E-state index in [9.17, 15) is 14.7 Å². The van der Waals surface area contributed by atoms with E-state index in [0.717, 1.165) is 0 Å². The molecule has 0 fully saturated rings. The molecule has 1 aromatic heterocycles. The van der Waals surface area contributed by atoms with Crippen LogP contribution in [0.5, 0.6) is 0 Å². The largest absolute Gasteiger partial charge is 0.479 e. The summed E-state index contributed by atoms with van der Waals surface area (Å²) < 4.78 is 1.47. The third-order valence-corrected chi connectivity index (χ3v) is 2.83. The van der Waals surface area contributed by atoms with Crippen molar-refractivity contribution in [1.82, 2.24) is 20.0 Å². The number of hydrogen-bond donors (Lipinski definition) is 3. The van der Waals surface area contributed by atoms with Crippen LogP contribution in [0, 0.1) is 0 Å². The van der Waals surface area contributed by atoms with E-state index in [2.05, 4.69) is 10.4 Å². The molecule has 1 unspecified atom stereocenters. The number of hydrogen-bond acceptors (Lipinski definition) is 4. The third kappa shape index (κ3) is 4.23. The summed E-state index contributed by atoms with van der Waals surface area (Å²) in [5.74, 6) is -1.15. The molecule has 0 radical (unpaired) electrons. The first-order valence-electron chi connectivity index (χ1n) is 6.37. The molecule has 3 N–H and O–H groups in total. The third-order valence-electron chi connectivity index (χ3n) is 2.83. The number of carbonyl (C=O) groups is 2. The van der Waals surface area contributed by atoms with E-state index in [1.165, 1.54) is 15.8 Å². The molecule has 0 bridgehead atoms. The maximum atomic E-state index is 12.0. The summed E-state index contributed by atoms with van der Waals surface area (Å²) in [5, 5.41) is 24.3. The molecule has 0 aliphatic rings. The Balaban J connectivity index is 2.75. The number of carboxylic acids is 1. The average molecular weight is 284 g/mol. The van der Waals surface area contributed by atoms with Crippen molar-refractivity contribution >= 4 is 12.0 Å². The summed E-state index contributed by atoms with van der Waals surface area (Å²) in [5.41, 5.74) is 0.409. The molecule has 0 saturated carbocycles. The fraction of sp³-hybridized carbons (Fsp3) is 0.583. The van der Waals surface area contributed by atoms with Gasteiger partial charge in [0, 0.05) is 38.5 Å². The molecule has 1 aromatic rings. The number of aromatic nitrogens is 2. The molecule has 0 spiro atoms. The lowest BCUT2D eigenvalue weighted by atomic mass is 10.1. The van der Waals surface area contributed by atoms with Gasteiger partial charge in [0.25, 0.3) is 0 Å². The van der Waals surface area contributed by atoms with Crippen LogP contribution in [0.4, 0.5) is 4.79 Å². The van der Waals surface area contributed by atoms with E-state index in [1.807, 2.05) is 0 Å². The lowest BCUT2D eigenvalue weighted by Crippen LogP contribution is -2.44. The Kier molecular flexibility index (Phi) is 5.98. The standard InChI is InChI=1S/C12H20N4O4/c1-3-16(5-4-6-17)12(20)14-10(11(18)19)9-7-13-15(2)8-9/h7-8,10,17H,3-6H2,1-2H3,(H,14,20)(H,18,19). The zero-order valence-electron chi connectivity index (χ0n) is 11.6. The van der Waals surface area contributed by atoms with Crippen LogP contribution in [0.2, 0.25) is 0 Å². The van der Waals surface area contributed by atoms with Crippen LogP contribution in [0.3, 0.4) is 0 Å². The molecule has 2 amide bonds. The number of carboxylic acid groups (broad SMARTS) is 1. The van der Waals surface area contributed by atoms with Crippen LogP contribution < -0.4 is 5.32 Å². The lowest BCUT2D eigenvalue weighted by Gasteiger charge is -2.23. The van der Waals surface area contributed by atoms with Crippen LogP contribution in [0.25, 0.3) is 0 Å². The van der Waals surface area contributed by atoms with Crippen LogP contribution >= 0.6 is 0 Å². The normalized spacial score (nSPS) is 11.9. The van der Waals surface area contributed by atoms with Crippen LogP contribution in [0.1, 0.15) is 24.9 Å². The van der Waals surface area contributed by atoms with Crippen molar-refractivity contribution in [3.05, 3.63) is 18.0 Å². The van der Waals surface area contributed by atoms with Gasteiger partial charge in [-0.2, -0.15) is 5.10 Å². The van der Waals surface area contributed by atoms with Crippen LogP contribution in [-0.2, 0) is 11.8 Å². The maximum Gasteiger partial charge on any atom is 0.331 e. The predicted octanol–water partition coefficient (Wildman–Crippen LogP) is -0.0403. The highest BCUT2D eigenvalue weighted by atomic mass is 16.4. The number of nitrogens with one attached hydrogen (secondary N) is 1. The van der Waals surface area contributed by atoms with Crippen molar-refractivity contribution in [3.8, 4) is 0 Å². The molecular formula is C12H20N4O4. The van der Waals surface area contributed by atoms with Gasteiger partial charge < -0.3 is 20.4 Å². The van der Waals surface area contributed by atoms with E-state index >= 15 is 0 Å². The second-order valence-corrected chi connectivity index (χ2v) is 4.32. The van der Waals surface area contributed by atoms with Crippen molar-refractivity contribution < 1.29 is 19.8 Å². The molecule has 0 aromatic carbocycles. The smallest absolute Gasteiger partial charge is 0.331 e. The Morgan fingerprint density at radius 2 is 2.25 bits per heavy atom. The van der Waals surface area contributed by atoms with Gasteiger partial charge in [-0.25, -0.2) is 9.59 Å². The molecule has 0 saturated heterocycles. The Labute approximate surface area is 117 Å². The first kappa shape index (κ1) is 16.0. The Hall–Kier alpha value is -2.09. The number of aryl methyl sites for hydroxylation is 1. The van der Waals surface area contributed by atoms with E-state index in [1.54, 1.807) is 20.2 Å². The Bertz CT molecular complexity index is 460. The van der Waals surface area contributed by atoms with Crippen LogP contribution in [-0.4, -0.2) is 56.6 Å².